The van der Waals surface area contributed by atoms with Crippen molar-refractivity contribution < 1.29 is 8.42 Å². The van der Waals surface area contributed by atoms with Crippen LogP contribution in [0.1, 0.15) is 17.5 Å². The molecule has 0 spiro atoms. The van der Waals surface area contributed by atoms with Crippen molar-refractivity contribution in [2.45, 2.75) is 24.0 Å². The van der Waals surface area contributed by atoms with E-state index in [4.69, 9.17) is 0 Å². The average molecular weight is 328 g/mol. The molecule has 0 radical (unpaired) electrons. The lowest BCUT2D eigenvalue weighted by molar-refractivity contribution is 0.603. The maximum absolute atomic E-state index is 12.4. The molecule has 2 heterocycles. The van der Waals surface area contributed by atoms with Crippen LogP contribution in [0.2, 0.25) is 0 Å². The summed E-state index contributed by atoms with van der Waals surface area (Å²) in [5.41, 5.74) is 1.29. The standard InChI is InChI=1S/C13H20N4O2S2/c1-4-11-12(9-17(3)15-11)16-21(18,19)13-6-5-10(20-13)7-8-14-2/h5-6,9,14,16H,4,7-8H2,1-3H3. The van der Waals surface area contributed by atoms with E-state index in [1.807, 2.05) is 20.0 Å². The van der Waals surface area contributed by atoms with Crippen LogP contribution >= 0.6 is 11.3 Å². The van der Waals surface area contributed by atoms with Gasteiger partial charge in [-0.1, -0.05) is 6.92 Å². The highest BCUT2D eigenvalue weighted by molar-refractivity contribution is 7.94. The quantitative estimate of drug-likeness (QED) is 0.809. The summed E-state index contributed by atoms with van der Waals surface area (Å²) in [7, 11) is 0.110. The Balaban J connectivity index is 2.19. The molecule has 6 nitrogen and oxygen atoms in total. The summed E-state index contributed by atoms with van der Waals surface area (Å²) in [5.74, 6) is 0. The third kappa shape index (κ3) is 3.84. The number of hydrogen-bond donors (Lipinski definition) is 2. The van der Waals surface area contributed by atoms with E-state index in [2.05, 4.69) is 15.1 Å². The second kappa shape index (κ2) is 6.59. The third-order valence-electron chi connectivity index (χ3n) is 3.01. The lowest BCUT2D eigenvalue weighted by Crippen LogP contribution is -2.12. The molecule has 0 aliphatic carbocycles. The van der Waals surface area contributed by atoms with Crippen LogP contribution in [0.15, 0.2) is 22.5 Å². The number of hydrogen-bond acceptors (Lipinski definition) is 5. The van der Waals surface area contributed by atoms with E-state index >= 15 is 0 Å². The molecule has 0 bridgehead atoms. The Bertz CT molecular complexity index is 704. The predicted octanol–water partition coefficient (Wildman–Crippen LogP) is 1.61. The summed E-state index contributed by atoms with van der Waals surface area (Å²) in [6.07, 6.45) is 3.19. The molecule has 0 aromatic carbocycles. The van der Waals surface area contributed by atoms with Crippen LogP contribution in [0.5, 0.6) is 0 Å². The van der Waals surface area contributed by atoms with Crippen molar-refractivity contribution in [3.8, 4) is 0 Å². The zero-order valence-corrected chi connectivity index (χ0v) is 14.0. The van der Waals surface area contributed by atoms with Crippen molar-refractivity contribution in [1.29, 1.82) is 0 Å². The molecule has 2 rings (SSSR count). The molecular weight excluding hydrogens is 308 g/mol. The van der Waals surface area contributed by atoms with Crippen LogP contribution in [-0.4, -0.2) is 31.8 Å². The van der Waals surface area contributed by atoms with E-state index in [0.29, 0.717) is 16.3 Å². The van der Waals surface area contributed by atoms with Crippen molar-refractivity contribution >= 4 is 27.0 Å². The first-order chi connectivity index (χ1) is 9.96. The molecule has 0 aliphatic rings. The fourth-order valence-electron chi connectivity index (χ4n) is 1.96. The van der Waals surface area contributed by atoms with Gasteiger partial charge in [0.05, 0.1) is 11.4 Å². The van der Waals surface area contributed by atoms with Gasteiger partial charge >= 0.3 is 0 Å². The minimum Gasteiger partial charge on any atom is -0.319 e. The Hall–Kier alpha value is -1.38. The zero-order valence-electron chi connectivity index (χ0n) is 12.4. The van der Waals surface area contributed by atoms with Crippen LogP contribution in [0.25, 0.3) is 0 Å². The van der Waals surface area contributed by atoms with Crippen LogP contribution in [-0.2, 0) is 29.9 Å². The summed E-state index contributed by atoms with van der Waals surface area (Å²) in [4.78, 5) is 1.05. The van der Waals surface area contributed by atoms with E-state index in [9.17, 15) is 8.42 Å². The summed E-state index contributed by atoms with van der Waals surface area (Å²) in [5, 5.41) is 7.29. The number of nitrogens with one attached hydrogen (secondary N) is 2. The number of rotatable bonds is 7. The van der Waals surface area contributed by atoms with Gasteiger partial charge in [-0.25, -0.2) is 8.42 Å². The van der Waals surface area contributed by atoms with Crippen LogP contribution in [0.3, 0.4) is 0 Å². The highest BCUT2D eigenvalue weighted by Gasteiger charge is 2.19. The first-order valence-corrected chi connectivity index (χ1v) is 9.05. The summed E-state index contributed by atoms with van der Waals surface area (Å²) in [6.45, 7) is 2.77. The fourth-order valence-corrected chi connectivity index (χ4v) is 4.39. The first kappa shape index (κ1) is 16.0. The molecule has 2 aromatic rings. The molecule has 0 amide bonds. The van der Waals surface area contributed by atoms with E-state index in [1.54, 1.807) is 24.0 Å². The van der Waals surface area contributed by atoms with Gasteiger partial charge in [0.15, 0.2) is 0 Å². The maximum Gasteiger partial charge on any atom is 0.271 e. The van der Waals surface area contributed by atoms with Crippen molar-refractivity contribution in [3.63, 3.8) is 0 Å². The third-order valence-corrected chi connectivity index (χ3v) is 6.01. The SMILES string of the molecule is CCc1nn(C)cc1NS(=O)(=O)c1ccc(CCNC)s1. The number of sulfonamides is 1. The lowest BCUT2D eigenvalue weighted by Gasteiger charge is -2.05. The topological polar surface area (TPSA) is 76.0 Å². The largest absolute Gasteiger partial charge is 0.319 e. The van der Waals surface area contributed by atoms with Crippen molar-refractivity contribution in [2.24, 2.45) is 7.05 Å². The second-order valence-corrected chi connectivity index (χ2v) is 7.77. The van der Waals surface area contributed by atoms with Gasteiger partial charge in [0, 0.05) is 18.1 Å². The van der Waals surface area contributed by atoms with Crippen molar-refractivity contribution in [3.05, 3.63) is 28.9 Å². The van der Waals surface area contributed by atoms with E-state index in [-0.39, 0.29) is 0 Å². The van der Waals surface area contributed by atoms with Gasteiger partial charge in [0.25, 0.3) is 10.0 Å². The number of likely N-dealkylation sites (N-methyl/N-ethyl adjacent to an activating group) is 1. The smallest absolute Gasteiger partial charge is 0.271 e. The molecule has 2 N–H and O–H groups in total. The molecule has 2 aromatic heterocycles. The minimum absolute atomic E-state index is 0.333. The second-order valence-electron chi connectivity index (χ2n) is 4.70. The van der Waals surface area contributed by atoms with Crippen molar-refractivity contribution in [2.75, 3.05) is 18.3 Å². The molecule has 116 valence electrons. The van der Waals surface area contributed by atoms with E-state index in [1.165, 1.54) is 11.3 Å². The monoisotopic (exact) mass is 328 g/mol. The Morgan fingerprint density at radius 2 is 2.14 bits per heavy atom. The Morgan fingerprint density at radius 3 is 2.81 bits per heavy atom. The summed E-state index contributed by atoms with van der Waals surface area (Å²) < 4.78 is 29.4. The van der Waals surface area contributed by atoms with Gasteiger partial charge in [0.1, 0.15) is 4.21 Å². The maximum atomic E-state index is 12.4. The van der Waals surface area contributed by atoms with Gasteiger partial charge < -0.3 is 5.32 Å². The number of aromatic nitrogens is 2. The van der Waals surface area contributed by atoms with Gasteiger partial charge in [-0.15, -0.1) is 11.3 Å². The summed E-state index contributed by atoms with van der Waals surface area (Å²) >= 11 is 1.30. The van der Waals surface area contributed by atoms with Gasteiger partial charge in [-0.05, 0) is 38.6 Å². The Morgan fingerprint density at radius 1 is 1.38 bits per heavy atom. The predicted molar refractivity (Wildman–Crippen MR) is 85.3 cm³/mol. The highest BCUT2D eigenvalue weighted by Crippen LogP contribution is 2.25. The molecule has 0 fully saturated rings. The van der Waals surface area contributed by atoms with Crippen molar-refractivity contribution in [1.82, 2.24) is 15.1 Å². The Labute approximate surface area is 129 Å². The number of nitrogens with zero attached hydrogens (tertiary/aromatic N) is 2. The minimum atomic E-state index is -3.54. The lowest BCUT2D eigenvalue weighted by atomic mass is 10.3. The van der Waals surface area contributed by atoms with Gasteiger partial charge in [-0.2, -0.15) is 5.10 Å². The zero-order chi connectivity index (χ0) is 15.5. The van der Waals surface area contributed by atoms with E-state index < -0.39 is 10.0 Å². The fraction of sp³-hybridized carbons (Fsp3) is 0.462. The molecule has 0 atom stereocenters. The van der Waals surface area contributed by atoms with E-state index in [0.717, 1.165) is 23.5 Å². The number of thiophene rings is 1. The molecular formula is C13H20N4O2S2. The number of anilines is 1. The van der Waals surface area contributed by atoms with Crippen LogP contribution in [0, 0.1) is 0 Å². The molecule has 0 saturated carbocycles. The summed E-state index contributed by atoms with van der Waals surface area (Å²) in [6, 6.07) is 3.51. The van der Waals surface area contributed by atoms with Crippen LogP contribution < -0.4 is 10.0 Å². The molecule has 0 saturated heterocycles. The molecule has 21 heavy (non-hydrogen) atoms. The van der Waals surface area contributed by atoms with Gasteiger partial charge in [0.2, 0.25) is 0 Å². The number of aryl methyl sites for hydroxylation is 2. The van der Waals surface area contributed by atoms with Gasteiger partial charge in [-0.3, -0.25) is 9.40 Å². The highest BCUT2D eigenvalue weighted by atomic mass is 32.2. The Kier molecular flexibility index (Phi) is 5.02. The molecule has 0 unspecified atom stereocenters. The first-order valence-electron chi connectivity index (χ1n) is 6.75. The van der Waals surface area contributed by atoms with Crippen LogP contribution in [0.4, 0.5) is 5.69 Å². The average Bonchev–Trinajstić information content (AvgIpc) is 3.03. The molecule has 8 heteroatoms. The molecule has 0 aliphatic heterocycles. The normalized spacial score (nSPS) is 11.8.